The largest absolute Gasteiger partial charge is 0.467 e. The Kier molecular flexibility index (Phi) is 1.70. The van der Waals surface area contributed by atoms with Gasteiger partial charge in [-0.25, -0.2) is 4.98 Å². The van der Waals surface area contributed by atoms with Crippen LogP contribution in [0, 0.1) is 0 Å². The van der Waals surface area contributed by atoms with Crippen molar-refractivity contribution in [2.24, 2.45) is 0 Å². The molecule has 2 aromatic rings. The topological polar surface area (TPSA) is 31.0 Å². The van der Waals surface area contributed by atoms with E-state index >= 15 is 0 Å². The summed E-state index contributed by atoms with van der Waals surface area (Å²) < 4.78 is 7.27. The molecular formula is C9H10N2O. The van der Waals surface area contributed by atoms with E-state index in [1.165, 1.54) is 0 Å². The van der Waals surface area contributed by atoms with Crippen LogP contribution in [-0.2, 0) is 0 Å². The van der Waals surface area contributed by atoms with Crippen LogP contribution in [0.4, 0.5) is 0 Å². The summed E-state index contributed by atoms with van der Waals surface area (Å²) in [5.41, 5.74) is 0. The second-order valence-corrected chi connectivity index (χ2v) is 2.70. The van der Waals surface area contributed by atoms with Crippen molar-refractivity contribution in [2.45, 2.75) is 13.0 Å². The van der Waals surface area contributed by atoms with E-state index in [4.69, 9.17) is 4.42 Å². The second kappa shape index (κ2) is 2.85. The third-order valence-electron chi connectivity index (χ3n) is 1.93. The van der Waals surface area contributed by atoms with Crippen molar-refractivity contribution in [2.75, 3.05) is 0 Å². The molecule has 0 aliphatic heterocycles. The van der Waals surface area contributed by atoms with E-state index in [0.717, 1.165) is 5.76 Å². The van der Waals surface area contributed by atoms with Crippen LogP contribution in [0.5, 0.6) is 0 Å². The summed E-state index contributed by atoms with van der Waals surface area (Å²) in [7, 11) is 0. The Bertz CT molecular complexity index is 289. The second-order valence-electron chi connectivity index (χ2n) is 2.70. The Morgan fingerprint density at radius 3 is 3.08 bits per heavy atom. The maximum atomic E-state index is 5.27. The first-order chi connectivity index (χ1) is 5.88. The molecule has 0 aromatic carbocycles. The molecule has 3 nitrogen and oxygen atoms in total. The normalized spacial score (nSPS) is 13.1. The van der Waals surface area contributed by atoms with Crippen molar-refractivity contribution in [1.82, 2.24) is 9.55 Å². The predicted octanol–water partition coefficient (Wildman–Crippen LogP) is 2.09. The lowest BCUT2D eigenvalue weighted by Crippen LogP contribution is -2.02. The fraction of sp³-hybridized carbons (Fsp3) is 0.222. The molecule has 2 heterocycles. The molecule has 3 heteroatoms. The van der Waals surface area contributed by atoms with Gasteiger partial charge in [0.2, 0.25) is 0 Å². The van der Waals surface area contributed by atoms with E-state index in [1.54, 1.807) is 18.8 Å². The lowest BCUT2D eigenvalue weighted by Gasteiger charge is -2.08. The molecule has 0 spiro atoms. The molecule has 0 aliphatic rings. The summed E-state index contributed by atoms with van der Waals surface area (Å²) in [6.45, 7) is 2.07. The maximum Gasteiger partial charge on any atom is 0.126 e. The molecule has 1 atom stereocenters. The Hall–Kier alpha value is -1.51. The summed E-state index contributed by atoms with van der Waals surface area (Å²) in [5.74, 6) is 0.952. The Morgan fingerprint density at radius 2 is 2.50 bits per heavy atom. The smallest absolute Gasteiger partial charge is 0.126 e. The average Bonchev–Trinajstić information content (AvgIpc) is 2.77. The van der Waals surface area contributed by atoms with Crippen LogP contribution >= 0.6 is 0 Å². The molecule has 12 heavy (non-hydrogen) atoms. The van der Waals surface area contributed by atoms with Crippen LogP contribution in [0.15, 0.2) is 41.5 Å². The van der Waals surface area contributed by atoms with Gasteiger partial charge in [-0.1, -0.05) is 0 Å². The van der Waals surface area contributed by atoms with Gasteiger partial charge in [-0.15, -0.1) is 0 Å². The first kappa shape index (κ1) is 7.16. The number of imidazole rings is 1. The van der Waals surface area contributed by atoms with Crippen LogP contribution in [0.2, 0.25) is 0 Å². The lowest BCUT2D eigenvalue weighted by atomic mass is 10.2. The third kappa shape index (κ3) is 1.13. The highest BCUT2D eigenvalue weighted by Gasteiger charge is 2.08. The minimum atomic E-state index is 0.225. The van der Waals surface area contributed by atoms with Crippen LogP contribution in [0.3, 0.4) is 0 Å². The molecule has 0 N–H and O–H groups in total. The average molecular weight is 162 g/mol. The van der Waals surface area contributed by atoms with Crippen LogP contribution < -0.4 is 0 Å². The highest BCUT2D eigenvalue weighted by atomic mass is 16.3. The molecule has 0 saturated heterocycles. The first-order valence-electron chi connectivity index (χ1n) is 3.89. The maximum absolute atomic E-state index is 5.27. The molecule has 0 radical (unpaired) electrons. The van der Waals surface area contributed by atoms with Gasteiger partial charge in [0.1, 0.15) is 5.76 Å². The Morgan fingerprint density at radius 1 is 1.58 bits per heavy atom. The number of hydrogen-bond donors (Lipinski definition) is 0. The summed E-state index contributed by atoms with van der Waals surface area (Å²) in [5, 5.41) is 0. The van der Waals surface area contributed by atoms with Crippen LogP contribution in [-0.4, -0.2) is 9.55 Å². The van der Waals surface area contributed by atoms with Crippen LogP contribution in [0.1, 0.15) is 18.7 Å². The number of aromatic nitrogens is 2. The molecule has 0 bridgehead atoms. The zero-order valence-corrected chi connectivity index (χ0v) is 6.84. The number of hydrogen-bond acceptors (Lipinski definition) is 2. The molecule has 0 unspecified atom stereocenters. The molecule has 0 fully saturated rings. The van der Waals surface area contributed by atoms with Gasteiger partial charge in [0.15, 0.2) is 0 Å². The fourth-order valence-electron chi connectivity index (χ4n) is 1.17. The first-order valence-corrected chi connectivity index (χ1v) is 3.89. The monoisotopic (exact) mass is 162 g/mol. The van der Waals surface area contributed by atoms with Crippen molar-refractivity contribution in [1.29, 1.82) is 0 Å². The molecule has 2 aromatic heterocycles. The van der Waals surface area contributed by atoms with Crippen LogP contribution in [0.25, 0.3) is 0 Å². The van der Waals surface area contributed by atoms with Gasteiger partial charge >= 0.3 is 0 Å². The summed E-state index contributed by atoms with van der Waals surface area (Å²) in [6, 6.07) is 4.08. The molecular weight excluding hydrogens is 152 g/mol. The van der Waals surface area contributed by atoms with E-state index in [1.807, 2.05) is 22.9 Å². The molecule has 62 valence electrons. The number of furan rings is 1. The van der Waals surface area contributed by atoms with Gasteiger partial charge in [-0.3, -0.25) is 0 Å². The lowest BCUT2D eigenvalue weighted by molar-refractivity contribution is 0.446. The number of rotatable bonds is 2. The van der Waals surface area contributed by atoms with E-state index in [9.17, 15) is 0 Å². The summed E-state index contributed by atoms with van der Waals surface area (Å²) in [4.78, 5) is 3.97. The minimum absolute atomic E-state index is 0.225. The predicted molar refractivity (Wildman–Crippen MR) is 44.7 cm³/mol. The van der Waals surface area contributed by atoms with Gasteiger partial charge in [-0.05, 0) is 19.1 Å². The van der Waals surface area contributed by atoms with E-state index in [2.05, 4.69) is 11.9 Å². The van der Waals surface area contributed by atoms with Gasteiger partial charge in [0.05, 0.1) is 18.6 Å². The summed E-state index contributed by atoms with van der Waals surface area (Å²) >= 11 is 0. The zero-order chi connectivity index (χ0) is 8.39. The highest BCUT2D eigenvalue weighted by Crippen LogP contribution is 2.16. The molecule has 0 aliphatic carbocycles. The van der Waals surface area contributed by atoms with Crippen molar-refractivity contribution in [3.63, 3.8) is 0 Å². The molecule has 0 saturated carbocycles. The van der Waals surface area contributed by atoms with Crippen molar-refractivity contribution in [3.8, 4) is 0 Å². The van der Waals surface area contributed by atoms with Gasteiger partial charge < -0.3 is 8.98 Å². The summed E-state index contributed by atoms with van der Waals surface area (Å²) in [6.07, 6.45) is 7.16. The number of nitrogens with zero attached hydrogens (tertiary/aromatic N) is 2. The molecule has 2 rings (SSSR count). The third-order valence-corrected chi connectivity index (χ3v) is 1.93. The van der Waals surface area contributed by atoms with E-state index < -0.39 is 0 Å². The van der Waals surface area contributed by atoms with E-state index in [0.29, 0.717) is 0 Å². The zero-order valence-electron chi connectivity index (χ0n) is 6.84. The Labute approximate surface area is 70.7 Å². The van der Waals surface area contributed by atoms with Crippen molar-refractivity contribution < 1.29 is 4.42 Å². The van der Waals surface area contributed by atoms with Crippen molar-refractivity contribution >= 4 is 0 Å². The Balaban J connectivity index is 2.27. The SMILES string of the molecule is C[C@@H](c1ccco1)n1ccnc1. The van der Waals surface area contributed by atoms with Gasteiger partial charge in [-0.2, -0.15) is 0 Å². The standard InChI is InChI=1S/C9H10N2O/c1-8(9-3-2-6-12-9)11-5-4-10-7-11/h2-8H,1H3/t8-/m0/s1. The molecule has 0 amide bonds. The highest BCUT2D eigenvalue weighted by molar-refractivity contribution is 5.05. The van der Waals surface area contributed by atoms with Crippen molar-refractivity contribution in [3.05, 3.63) is 42.9 Å². The fourth-order valence-corrected chi connectivity index (χ4v) is 1.17. The van der Waals surface area contributed by atoms with Gasteiger partial charge in [0, 0.05) is 12.4 Å². The van der Waals surface area contributed by atoms with E-state index in [-0.39, 0.29) is 6.04 Å². The van der Waals surface area contributed by atoms with Gasteiger partial charge in [0.25, 0.3) is 0 Å². The minimum Gasteiger partial charge on any atom is -0.467 e. The quantitative estimate of drug-likeness (QED) is 0.677.